The highest BCUT2D eigenvalue weighted by Gasteiger charge is 2.10. The van der Waals surface area contributed by atoms with E-state index in [9.17, 15) is 0 Å². The molecule has 0 amide bonds. The Labute approximate surface area is 143 Å². The third kappa shape index (κ3) is 3.80. The van der Waals surface area contributed by atoms with Crippen LogP contribution < -0.4 is 10.5 Å². The number of aromatic nitrogens is 3. The molecule has 5 nitrogen and oxygen atoms in total. The molecule has 2 N–H and O–H groups in total. The van der Waals surface area contributed by atoms with Crippen LogP contribution in [-0.2, 0) is 5.75 Å². The zero-order valence-corrected chi connectivity index (χ0v) is 14.4. The van der Waals surface area contributed by atoms with Gasteiger partial charge >= 0.3 is 0 Å². The maximum atomic E-state index is 5.75. The minimum absolute atomic E-state index is 0.494. The lowest BCUT2D eigenvalue weighted by Gasteiger charge is -2.04. The summed E-state index contributed by atoms with van der Waals surface area (Å²) >= 11 is 3.13. The van der Waals surface area contributed by atoms with Crippen molar-refractivity contribution in [1.29, 1.82) is 0 Å². The summed E-state index contributed by atoms with van der Waals surface area (Å²) in [6.07, 6.45) is 0. The Morgan fingerprint density at radius 3 is 2.83 bits per heavy atom. The highest BCUT2D eigenvalue weighted by molar-refractivity contribution is 7.98. The molecule has 0 radical (unpaired) electrons. The fourth-order valence-electron chi connectivity index (χ4n) is 2.09. The van der Waals surface area contributed by atoms with Gasteiger partial charge < -0.3 is 10.5 Å². The Bertz CT molecular complexity index is 799. The van der Waals surface area contributed by atoms with Gasteiger partial charge in [0.05, 0.1) is 18.4 Å². The molecule has 7 heteroatoms. The van der Waals surface area contributed by atoms with Gasteiger partial charge in [0.2, 0.25) is 0 Å². The molecular formula is C16H16N4OS2. The molecule has 0 bridgehead atoms. The molecule has 0 saturated carbocycles. The second-order valence-electron chi connectivity index (χ2n) is 4.85. The maximum absolute atomic E-state index is 5.75. The number of hydrogen-bond donors (Lipinski definition) is 1. The first-order chi connectivity index (χ1) is 11.2. The molecule has 3 rings (SSSR count). The summed E-state index contributed by atoms with van der Waals surface area (Å²) in [5.74, 6) is 2.03. The number of thioether (sulfide) groups is 1. The van der Waals surface area contributed by atoms with E-state index < -0.39 is 0 Å². The molecular weight excluding hydrogens is 328 g/mol. The first-order valence-electron chi connectivity index (χ1n) is 6.97. The number of aryl methyl sites for hydroxylation is 1. The van der Waals surface area contributed by atoms with Crippen LogP contribution in [0.25, 0.3) is 10.6 Å². The van der Waals surface area contributed by atoms with Gasteiger partial charge in [-0.1, -0.05) is 23.9 Å². The van der Waals surface area contributed by atoms with E-state index in [-0.39, 0.29) is 0 Å². The van der Waals surface area contributed by atoms with Gasteiger partial charge in [-0.15, -0.1) is 11.3 Å². The van der Waals surface area contributed by atoms with Gasteiger partial charge in [0, 0.05) is 22.9 Å². The Balaban J connectivity index is 1.75. The van der Waals surface area contributed by atoms with Gasteiger partial charge in [-0.3, -0.25) is 0 Å². The first-order valence-corrected chi connectivity index (χ1v) is 8.84. The topological polar surface area (TPSA) is 73.9 Å². The summed E-state index contributed by atoms with van der Waals surface area (Å²) in [6, 6.07) is 9.64. The number of thiazole rings is 1. The predicted octanol–water partition coefficient (Wildman–Crippen LogP) is 3.79. The first kappa shape index (κ1) is 15.8. The number of benzene rings is 1. The molecule has 1 aromatic carbocycles. The molecule has 0 unspecified atom stereocenters. The summed E-state index contributed by atoms with van der Waals surface area (Å²) in [5, 5.41) is 3.67. The van der Waals surface area contributed by atoms with E-state index in [1.54, 1.807) is 24.5 Å². The van der Waals surface area contributed by atoms with E-state index in [0.29, 0.717) is 16.7 Å². The summed E-state index contributed by atoms with van der Waals surface area (Å²) in [5.41, 5.74) is 8.61. The number of rotatable bonds is 5. The Morgan fingerprint density at radius 2 is 2.04 bits per heavy atom. The van der Waals surface area contributed by atoms with Crippen LogP contribution in [0.3, 0.4) is 0 Å². The van der Waals surface area contributed by atoms with Gasteiger partial charge in [0.25, 0.3) is 0 Å². The van der Waals surface area contributed by atoms with Crippen molar-refractivity contribution in [2.24, 2.45) is 0 Å². The number of para-hydroxylation sites is 1. The van der Waals surface area contributed by atoms with Crippen molar-refractivity contribution in [3.8, 4) is 16.3 Å². The average molecular weight is 344 g/mol. The molecule has 0 aliphatic carbocycles. The minimum atomic E-state index is 0.494. The molecule has 0 aliphatic heterocycles. The van der Waals surface area contributed by atoms with Gasteiger partial charge in [-0.25, -0.2) is 15.0 Å². The predicted molar refractivity (Wildman–Crippen MR) is 94.8 cm³/mol. The monoisotopic (exact) mass is 344 g/mol. The summed E-state index contributed by atoms with van der Waals surface area (Å²) in [7, 11) is 1.67. The van der Waals surface area contributed by atoms with Crippen molar-refractivity contribution in [3.05, 3.63) is 47.1 Å². The van der Waals surface area contributed by atoms with Gasteiger partial charge in [-0.05, 0) is 19.1 Å². The molecule has 118 valence electrons. The van der Waals surface area contributed by atoms with Crippen LogP contribution in [0.1, 0.15) is 11.4 Å². The molecule has 0 aliphatic rings. The van der Waals surface area contributed by atoms with E-state index >= 15 is 0 Å². The quantitative estimate of drug-likeness (QED) is 0.561. The number of ether oxygens (including phenoxy) is 1. The largest absolute Gasteiger partial charge is 0.496 e. The molecule has 0 atom stereocenters. The van der Waals surface area contributed by atoms with Crippen LogP contribution >= 0.6 is 23.1 Å². The molecule has 2 aromatic heterocycles. The number of nitrogens with zero attached hydrogens (tertiary/aromatic N) is 3. The molecule has 0 fully saturated rings. The van der Waals surface area contributed by atoms with Crippen LogP contribution in [0, 0.1) is 6.92 Å². The summed E-state index contributed by atoms with van der Waals surface area (Å²) in [4.78, 5) is 13.3. The third-order valence-electron chi connectivity index (χ3n) is 3.09. The fourth-order valence-corrected chi connectivity index (χ4v) is 3.84. The molecule has 3 aromatic rings. The lowest BCUT2D eigenvalue weighted by atomic mass is 10.2. The van der Waals surface area contributed by atoms with E-state index in [2.05, 4.69) is 15.0 Å². The lowest BCUT2D eigenvalue weighted by Crippen LogP contribution is -1.96. The molecule has 23 heavy (non-hydrogen) atoms. The number of nitrogen functional groups attached to an aromatic ring is 1. The Kier molecular flexibility index (Phi) is 4.78. The summed E-state index contributed by atoms with van der Waals surface area (Å²) < 4.78 is 5.39. The van der Waals surface area contributed by atoms with E-state index in [0.717, 1.165) is 27.7 Å². The number of anilines is 1. The van der Waals surface area contributed by atoms with E-state index in [1.807, 2.05) is 36.6 Å². The fraction of sp³-hybridized carbons (Fsp3) is 0.188. The van der Waals surface area contributed by atoms with Gasteiger partial charge in [0.15, 0.2) is 5.16 Å². The molecule has 2 heterocycles. The van der Waals surface area contributed by atoms with Crippen LogP contribution in [0.4, 0.5) is 5.82 Å². The minimum Gasteiger partial charge on any atom is -0.496 e. The number of methoxy groups -OCH3 is 1. The zero-order valence-electron chi connectivity index (χ0n) is 12.8. The average Bonchev–Trinajstić information content (AvgIpc) is 3.01. The van der Waals surface area contributed by atoms with Crippen molar-refractivity contribution >= 4 is 28.9 Å². The number of hydrogen-bond acceptors (Lipinski definition) is 7. The normalized spacial score (nSPS) is 10.7. The Hall–Kier alpha value is -2.12. The standard InChI is InChI=1S/C16H16N4OS2/c1-10-7-14(17)20-16(18-10)23-9-11-8-22-15(19-11)12-5-3-4-6-13(12)21-2/h3-8H,9H2,1-2H3,(H2,17,18,20). The van der Waals surface area contributed by atoms with Crippen molar-refractivity contribution in [3.63, 3.8) is 0 Å². The van der Waals surface area contributed by atoms with Crippen LogP contribution in [0.15, 0.2) is 40.9 Å². The highest BCUT2D eigenvalue weighted by Crippen LogP contribution is 2.33. The SMILES string of the molecule is COc1ccccc1-c1nc(CSc2nc(C)cc(N)n2)cs1. The zero-order chi connectivity index (χ0) is 16.2. The molecule has 0 saturated heterocycles. The third-order valence-corrected chi connectivity index (χ3v) is 4.90. The van der Waals surface area contributed by atoms with Crippen LogP contribution in [0.5, 0.6) is 5.75 Å². The van der Waals surface area contributed by atoms with Crippen molar-refractivity contribution < 1.29 is 4.74 Å². The lowest BCUT2D eigenvalue weighted by molar-refractivity contribution is 0.416. The van der Waals surface area contributed by atoms with Gasteiger partial charge in [-0.2, -0.15) is 0 Å². The van der Waals surface area contributed by atoms with Crippen molar-refractivity contribution in [2.75, 3.05) is 12.8 Å². The second kappa shape index (κ2) is 6.97. The smallest absolute Gasteiger partial charge is 0.190 e. The second-order valence-corrected chi connectivity index (χ2v) is 6.65. The van der Waals surface area contributed by atoms with E-state index in [4.69, 9.17) is 10.5 Å². The van der Waals surface area contributed by atoms with Crippen molar-refractivity contribution in [2.45, 2.75) is 17.8 Å². The molecule has 0 spiro atoms. The van der Waals surface area contributed by atoms with Crippen molar-refractivity contribution in [1.82, 2.24) is 15.0 Å². The highest BCUT2D eigenvalue weighted by atomic mass is 32.2. The van der Waals surface area contributed by atoms with Crippen LogP contribution in [-0.4, -0.2) is 22.1 Å². The van der Waals surface area contributed by atoms with Gasteiger partial charge in [0.1, 0.15) is 16.6 Å². The van der Waals surface area contributed by atoms with E-state index in [1.165, 1.54) is 11.8 Å². The summed E-state index contributed by atoms with van der Waals surface area (Å²) in [6.45, 7) is 1.91. The number of nitrogens with two attached hydrogens (primary N) is 1. The van der Waals surface area contributed by atoms with Crippen LogP contribution in [0.2, 0.25) is 0 Å². The Morgan fingerprint density at radius 1 is 1.22 bits per heavy atom. The maximum Gasteiger partial charge on any atom is 0.190 e.